The van der Waals surface area contributed by atoms with Crippen LogP contribution in [0.1, 0.15) is 97.3 Å². The van der Waals surface area contributed by atoms with Gasteiger partial charge in [0.1, 0.15) is 19.8 Å². The van der Waals surface area contributed by atoms with Crippen LogP contribution < -0.4 is 0 Å². The van der Waals surface area contributed by atoms with E-state index in [-0.39, 0.29) is 26.1 Å². The van der Waals surface area contributed by atoms with Crippen LogP contribution in [0.4, 0.5) is 0 Å². The van der Waals surface area contributed by atoms with Crippen molar-refractivity contribution < 1.29 is 42.1 Å². The van der Waals surface area contributed by atoms with Gasteiger partial charge in [0, 0.05) is 12.8 Å². The second kappa shape index (κ2) is 24.8. The summed E-state index contributed by atoms with van der Waals surface area (Å²) in [5.74, 6) is -0.867. The molecule has 0 aliphatic carbocycles. The minimum Gasteiger partial charge on any atom is -0.462 e. The molecule has 10 heteroatoms. The van der Waals surface area contributed by atoms with Crippen LogP contribution in [0, 0.1) is 0 Å². The Labute approximate surface area is 249 Å². The number of ether oxygens (including phenoxy) is 2. The predicted molar refractivity (Wildman–Crippen MR) is 164 cm³/mol. The molecule has 0 fully saturated rings. The van der Waals surface area contributed by atoms with Gasteiger partial charge in [0.05, 0.1) is 27.7 Å². The highest BCUT2D eigenvalue weighted by molar-refractivity contribution is 7.47. The zero-order valence-corrected chi connectivity index (χ0v) is 27.2. The standard InChI is InChI=1S/C31H56NO8P/c1-6-8-10-11-12-13-14-15-16-17-18-19-20-21-22-24-31(34)40-29(27-37-30(33)23-9-7-2)28-39-41(35,36)38-26-25-32(3,4)5/h8,10,12-13,15-16,29H,6-7,9,11,14,17-28H2,1-5H3/p+1/b10-8-,13-12-,16-15-. The third-order valence-electron chi connectivity index (χ3n) is 5.93. The lowest BCUT2D eigenvalue weighted by Gasteiger charge is -2.24. The lowest BCUT2D eigenvalue weighted by molar-refractivity contribution is -0.870. The van der Waals surface area contributed by atoms with Crippen molar-refractivity contribution in [3.05, 3.63) is 36.5 Å². The van der Waals surface area contributed by atoms with Crippen LogP contribution in [0.25, 0.3) is 0 Å². The van der Waals surface area contributed by atoms with Gasteiger partial charge in [-0.2, -0.15) is 0 Å². The van der Waals surface area contributed by atoms with E-state index in [2.05, 4.69) is 43.4 Å². The van der Waals surface area contributed by atoms with Crippen molar-refractivity contribution in [1.82, 2.24) is 0 Å². The van der Waals surface area contributed by atoms with Crippen LogP contribution in [0.5, 0.6) is 0 Å². The summed E-state index contributed by atoms with van der Waals surface area (Å²) in [6, 6.07) is 0. The summed E-state index contributed by atoms with van der Waals surface area (Å²) in [5.41, 5.74) is 0. The number of phosphoric ester groups is 1. The van der Waals surface area contributed by atoms with E-state index < -0.39 is 32.5 Å². The molecule has 0 aliphatic rings. The molecule has 0 saturated carbocycles. The maximum absolute atomic E-state index is 12.4. The fraction of sp³-hybridized carbons (Fsp3) is 0.742. The number of hydrogen-bond acceptors (Lipinski definition) is 7. The number of phosphoric acid groups is 1. The first kappa shape index (κ1) is 39.2. The first-order valence-corrected chi connectivity index (χ1v) is 16.7. The second-order valence-corrected chi connectivity index (χ2v) is 12.6. The number of esters is 2. The lowest BCUT2D eigenvalue weighted by atomic mass is 10.1. The SMILES string of the molecule is CC/C=C\C/C=C\C/C=C\CCCCCCCC(=O)OC(COC(=O)CCCC)COP(=O)(O)OCC[N+](C)(C)C. The number of likely N-dealkylation sites (N-methyl/N-ethyl adjacent to an activating group) is 1. The Morgan fingerprint density at radius 3 is 2.05 bits per heavy atom. The van der Waals surface area contributed by atoms with Crippen LogP contribution in [0.15, 0.2) is 36.5 Å². The van der Waals surface area contributed by atoms with E-state index in [9.17, 15) is 19.0 Å². The molecule has 2 atom stereocenters. The number of carbonyl (C=O) groups is 2. The summed E-state index contributed by atoms with van der Waals surface area (Å²) in [6.07, 6.45) is 23.1. The van der Waals surface area contributed by atoms with E-state index in [1.54, 1.807) is 0 Å². The molecule has 0 rings (SSSR count). The van der Waals surface area contributed by atoms with Crippen molar-refractivity contribution in [2.24, 2.45) is 0 Å². The van der Waals surface area contributed by atoms with E-state index in [0.717, 1.165) is 57.8 Å². The molecule has 0 spiro atoms. The average Bonchev–Trinajstić information content (AvgIpc) is 2.90. The van der Waals surface area contributed by atoms with E-state index in [4.69, 9.17) is 18.5 Å². The molecule has 0 aromatic rings. The molecule has 0 aromatic heterocycles. The normalized spacial score (nSPS) is 14.6. The third-order valence-corrected chi connectivity index (χ3v) is 6.92. The van der Waals surface area contributed by atoms with Gasteiger partial charge < -0.3 is 18.9 Å². The van der Waals surface area contributed by atoms with Crippen molar-refractivity contribution >= 4 is 19.8 Å². The maximum Gasteiger partial charge on any atom is 0.472 e. The zero-order chi connectivity index (χ0) is 30.8. The average molecular weight is 603 g/mol. The number of hydrogen-bond donors (Lipinski definition) is 1. The number of allylic oxidation sites excluding steroid dienone is 6. The second-order valence-electron chi connectivity index (χ2n) is 11.1. The predicted octanol–water partition coefficient (Wildman–Crippen LogP) is 7.06. The van der Waals surface area contributed by atoms with Crippen molar-refractivity contribution in [3.63, 3.8) is 0 Å². The van der Waals surface area contributed by atoms with Gasteiger partial charge in [0.25, 0.3) is 0 Å². The minimum absolute atomic E-state index is 0.0264. The first-order chi connectivity index (χ1) is 19.5. The molecule has 0 heterocycles. The smallest absolute Gasteiger partial charge is 0.462 e. The highest BCUT2D eigenvalue weighted by atomic mass is 31.2. The Morgan fingerprint density at radius 2 is 1.39 bits per heavy atom. The van der Waals surface area contributed by atoms with Gasteiger partial charge >= 0.3 is 19.8 Å². The first-order valence-electron chi connectivity index (χ1n) is 15.2. The molecule has 238 valence electrons. The van der Waals surface area contributed by atoms with Gasteiger partial charge in [-0.25, -0.2) is 4.57 Å². The number of nitrogens with zero attached hydrogens (tertiary/aromatic N) is 1. The maximum atomic E-state index is 12.4. The Hall–Kier alpha value is -1.77. The molecule has 0 radical (unpaired) electrons. The quantitative estimate of drug-likeness (QED) is 0.0369. The third kappa shape index (κ3) is 28.1. The monoisotopic (exact) mass is 602 g/mol. The molecular weight excluding hydrogens is 545 g/mol. The molecule has 41 heavy (non-hydrogen) atoms. The summed E-state index contributed by atoms with van der Waals surface area (Å²) in [5, 5.41) is 0. The van der Waals surface area contributed by atoms with Crippen LogP contribution in [0.3, 0.4) is 0 Å². The van der Waals surface area contributed by atoms with Crippen LogP contribution >= 0.6 is 7.82 Å². The molecule has 0 bridgehead atoms. The van der Waals surface area contributed by atoms with Gasteiger partial charge in [0.2, 0.25) is 0 Å². The molecule has 0 amide bonds. The summed E-state index contributed by atoms with van der Waals surface area (Å²) in [7, 11) is 1.45. The minimum atomic E-state index is -4.35. The fourth-order valence-electron chi connectivity index (χ4n) is 3.47. The van der Waals surface area contributed by atoms with Gasteiger partial charge in [-0.3, -0.25) is 18.6 Å². The Morgan fingerprint density at radius 1 is 0.780 bits per heavy atom. The number of carbonyl (C=O) groups excluding carboxylic acids is 2. The summed E-state index contributed by atoms with van der Waals surface area (Å²) in [4.78, 5) is 34.3. The zero-order valence-electron chi connectivity index (χ0n) is 26.3. The molecule has 2 unspecified atom stereocenters. The number of quaternary nitrogens is 1. The van der Waals surface area contributed by atoms with E-state index >= 15 is 0 Å². The molecule has 1 N–H and O–H groups in total. The van der Waals surface area contributed by atoms with Crippen molar-refractivity contribution in [2.45, 2.75) is 103 Å². The van der Waals surface area contributed by atoms with Crippen LogP contribution in [-0.2, 0) is 32.7 Å². The molecule has 9 nitrogen and oxygen atoms in total. The largest absolute Gasteiger partial charge is 0.472 e. The number of unbranched alkanes of at least 4 members (excludes halogenated alkanes) is 6. The summed E-state index contributed by atoms with van der Waals surface area (Å²) < 4.78 is 33.5. The van der Waals surface area contributed by atoms with Crippen molar-refractivity contribution in [3.8, 4) is 0 Å². The summed E-state index contributed by atoms with van der Waals surface area (Å²) in [6.45, 7) is 3.98. The molecule has 0 aliphatic heterocycles. The van der Waals surface area contributed by atoms with Gasteiger partial charge in [-0.05, 0) is 44.9 Å². The Bertz CT molecular complexity index is 819. The van der Waals surface area contributed by atoms with Gasteiger partial charge in [-0.1, -0.05) is 76.0 Å². The van der Waals surface area contributed by atoms with Gasteiger partial charge in [-0.15, -0.1) is 0 Å². The highest BCUT2D eigenvalue weighted by Gasteiger charge is 2.27. The summed E-state index contributed by atoms with van der Waals surface area (Å²) >= 11 is 0. The Kier molecular flexibility index (Phi) is 23.7. The molecule has 0 saturated heterocycles. The van der Waals surface area contributed by atoms with Gasteiger partial charge in [0.15, 0.2) is 6.10 Å². The Balaban J connectivity index is 4.35. The fourth-order valence-corrected chi connectivity index (χ4v) is 4.21. The van der Waals surface area contributed by atoms with E-state index in [0.29, 0.717) is 23.9 Å². The van der Waals surface area contributed by atoms with Crippen molar-refractivity contribution in [1.29, 1.82) is 0 Å². The van der Waals surface area contributed by atoms with Crippen LogP contribution in [-0.4, -0.2) is 74.9 Å². The van der Waals surface area contributed by atoms with E-state index in [1.165, 1.54) is 0 Å². The van der Waals surface area contributed by atoms with Crippen molar-refractivity contribution in [2.75, 3.05) is 47.5 Å². The topological polar surface area (TPSA) is 108 Å². The molecule has 0 aromatic carbocycles. The lowest BCUT2D eigenvalue weighted by Crippen LogP contribution is -2.37. The van der Waals surface area contributed by atoms with E-state index in [1.807, 2.05) is 28.1 Å². The molecular formula is C31H57NO8P+. The number of rotatable bonds is 26. The van der Waals surface area contributed by atoms with Crippen LogP contribution in [0.2, 0.25) is 0 Å². The highest BCUT2D eigenvalue weighted by Crippen LogP contribution is 2.43.